The number of anilines is 1. The molecule has 0 spiro atoms. The number of hydrogen-bond acceptors (Lipinski definition) is 6. The molecule has 3 rings (SSSR count). The van der Waals surface area contributed by atoms with Crippen LogP contribution in [0.5, 0.6) is 0 Å². The SMILES string of the molecule is Cc1oc(NC(=O)C(C)N2CCN(C(=O)C3CCCO3)CC2)c(C#N)c1C. The van der Waals surface area contributed by atoms with Gasteiger partial charge in [0.15, 0.2) is 0 Å². The summed E-state index contributed by atoms with van der Waals surface area (Å²) in [5, 5.41) is 12.0. The number of rotatable bonds is 4. The Balaban J connectivity index is 1.55. The largest absolute Gasteiger partial charge is 0.444 e. The zero-order valence-electron chi connectivity index (χ0n) is 16.1. The van der Waals surface area contributed by atoms with Gasteiger partial charge in [0, 0.05) is 38.3 Å². The van der Waals surface area contributed by atoms with Gasteiger partial charge in [0.25, 0.3) is 5.91 Å². The first-order chi connectivity index (χ1) is 12.9. The zero-order valence-corrected chi connectivity index (χ0v) is 16.1. The summed E-state index contributed by atoms with van der Waals surface area (Å²) in [6, 6.07) is 1.69. The third kappa shape index (κ3) is 3.99. The third-order valence-electron chi connectivity index (χ3n) is 5.49. The number of nitrogens with zero attached hydrogens (tertiary/aromatic N) is 3. The molecular weight excluding hydrogens is 348 g/mol. The van der Waals surface area contributed by atoms with Gasteiger partial charge in [-0.2, -0.15) is 5.26 Å². The van der Waals surface area contributed by atoms with Crippen molar-refractivity contribution in [2.45, 2.75) is 45.8 Å². The molecule has 1 aromatic heterocycles. The maximum absolute atomic E-state index is 12.6. The highest BCUT2D eigenvalue weighted by molar-refractivity contribution is 5.94. The molecule has 3 heterocycles. The van der Waals surface area contributed by atoms with Crippen molar-refractivity contribution in [3.05, 3.63) is 16.9 Å². The molecule has 2 saturated heterocycles. The summed E-state index contributed by atoms with van der Waals surface area (Å²) >= 11 is 0. The summed E-state index contributed by atoms with van der Waals surface area (Å²) in [5.41, 5.74) is 1.10. The highest BCUT2D eigenvalue weighted by Gasteiger charge is 2.32. The minimum atomic E-state index is -0.387. The number of carbonyl (C=O) groups excluding carboxylic acids is 2. The van der Waals surface area contributed by atoms with E-state index in [9.17, 15) is 14.9 Å². The van der Waals surface area contributed by atoms with Crippen molar-refractivity contribution < 1.29 is 18.7 Å². The van der Waals surface area contributed by atoms with Crippen LogP contribution in [-0.4, -0.2) is 66.5 Å². The highest BCUT2D eigenvalue weighted by atomic mass is 16.5. The van der Waals surface area contributed by atoms with E-state index in [-0.39, 0.29) is 29.8 Å². The van der Waals surface area contributed by atoms with E-state index in [2.05, 4.69) is 11.4 Å². The highest BCUT2D eigenvalue weighted by Crippen LogP contribution is 2.25. The van der Waals surface area contributed by atoms with Crippen molar-refractivity contribution in [3.8, 4) is 6.07 Å². The van der Waals surface area contributed by atoms with Crippen molar-refractivity contribution in [1.82, 2.24) is 9.80 Å². The van der Waals surface area contributed by atoms with Gasteiger partial charge in [-0.25, -0.2) is 0 Å². The van der Waals surface area contributed by atoms with Crippen molar-refractivity contribution in [1.29, 1.82) is 5.26 Å². The Morgan fingerprint density at radius 1 is 1.26 bits per heavy atom. The zero-order chi connectivity index (χ0) is 19.6. The average Bonchev–Trinajstić information content (AvgIpc) is 3.29. The number of piperazine rings is 1. The normalized spacial score (nSPS) is 21.7. The third-order valence-corrected chi connectivity index (χ3v) is 5.49. The Hall–Kier alpha value is -2.37. The van der Waals surface area contributed by atoms with Crippen LogP contribution in [0.15, 0.2) is 4.42 Å². The summed E-state index contributed by atoms with van der Waals surface area (Å²) in [6.45, 7) is 8.44. The molecule has 0 bridgehead atoms. The second-order valence-electron chi connectivity index (χ2n) is 7.13. The Labute approximate surface area is 159 Å². The van der Waals surface area contributed by atoms with E-state index in [4.69, 9.17) is 9.15 Å². The molecule has 8 nitrogen and oxygen atoms in total. The first-order valence-electron chi connectivity index (χ1n) is 9.37. The van der Waals surface area contributed by atoms with E-state index in [1.54, 1.807) is 13.8 Å². The smallest absolute Gasteiger partial charge is 0.251 e. The van der Waals surface area contributed by atoms with Crippen LogP contribution in [0.4, 0.5) is 5.88 Å². The molecule has 146 valence electrons. The molecule has 0 aromatic carbocycles. The predicted molar refractivity (Wildman–Crippen MR) is 98.1 cm³/mol. The van der Waals surface area contributed by atoms with Crippen molar-refractivity contribution in [2.75, 3.05) is 38.1 Å². The minimum absolute atomic E-state index is 0.0597. The van der Waals surface area contributed by atoms with Crippen molar-refractivity contribution in [2.24, 2.45) is 0 Å². The summed E-state index contributed by atoms with van der Waals surface area (Å²) in [5.74, 6) is 0.663. The van der Waals surface area contributed by atoms with Crippen LogP contribution in [0, 0.1) is 25.2 Å². The number of aryl methyl sites for hydroxylation is 1. The van der Waals surface area contributed by atoms with Gasteiger partial charge in [0.2, 0.25) is 11.8 Å². The van der Waals surface area contributed by atoms with Crippen molar-refractivity contribution >= 4 is 17.7 Å². The van der Waals surface area contributed by atoms with E-state index >= 15 is 0 Å². The van der Waals surface area contributed by atoms with Gasteiger partial charge < -0.3 is 14.1 Å². The van der Waals surface area contributed by atoms with E-state index in [0.29, 0.717) is 44.1 Å². The maximum Gasteiger partial charge on any atom is 0.251 e. The quantitative estimate of drug-likeness (QED) is 0.856. The number of nitrogens with one attached hydrogen (secondary N) is 1. The molecule has 2 aliphatic heterocycles. The second-order valence-corrected chi connectivity index (χ2v) is 7.13. The van der Waals surface area contributed by atoms with E-state index < -0.39 is 0 Å². The number of nitriles is 1. The van der Waals surface area contributed by atoms with Gasteiger partial charge in [-0.15, -0.1) is 0 Å². The summed E-state index contributed by atoms with van der Waals surface area (Å²) < 4.78 is 11.0. The Morgan fingerprint density at radius 3 is 2.56 bits per heavy atom. The van der Waals surface area contributed by atoms with Gasteiger partial charge >= 0.3 is 0 Å². The molecule has 1 aromatic rings. The van der Waals surface area contributed by atoms with Gasteiger partial charge in [-0.1, -0.05) is 0 Å². The Bertz CT molecular complexity index is 752. The number of amides is 2. The summed E-state index contributed by atoms with van der Waals surface area (Å²) in [6.07, 6.45) is 1.43. The van der Waals surface area contributed by atoms with Crippen LogP contribution in [0.25, 0.3) is 0 Å². The molecule has 0 saturated carbocycles. The van der Waals surface area contributed by atoms with Crippen LogP contribution in [0.3, 0.4) is 0 Å². The fourth-order valence-corrected chi connectivity index (χ4v) is 3.54. The lowest BCUT2D eigenvalue weighted by Crippen LogP contribution is -2.55. The number of hydrogen-bond donors (Lipinski definition) is 1. The molecule has 0 aliphatic carbocycles. The van der Waals surface area contributed by atoms with Crippen LogP contribution < -0.4 is 5.32 Å². The molecule has 2 atom stereocenters. The van der Waals surface area contributed by atoms with E-state index in [0.717, 1.165) is 18.4 Å². The Morgan fingerprint density at radius 2 is 1.96 bits per heavy atom. The second kappa shape index (κ2) is 8.11. The number of ether oxygens (including phenoxy) is 1. The number of carbonyl (C=O) groups is 2. The standard InChI is InChI=1S/C19H26N4O4/c1-12-14(3)27-18(15(12)11-20)21-17(24)13(2)22-6-8-23(9-7-22)19(25)16-5-4-10-26-16/h13,16H,4-10H2,1-3H3,(H,21,24). The van der Waals surface area contributed by atoms with E-state index in [1.807, 2.05) is 16.7 Å². The minimum Gasteiger partial charge on any atom is -0.444 e. The lowest BCUT2D eigenvalue weighted by Gasteiger charge is -2.38. The average molecular weight is 374 g/mol. The molecule has 2 aliphatic rings. The summed E-state index contributed by atoms with van der Waals surface area (Å²) in [4.78, 5) is 28.9. The number of furan rings is 1. The Kier molecular flexibility index (Phi) is 5.82. The first kappa shape index (κ1) is 19.4. The van der Waals surface area contributed by atoms with Crippen LogP contribution in [0.2, 0.25) is 0 Å². The van der Waals surface area contributed by atoms with Crippen LogP contribution in [-0.2, 0) is 14.3 Å². The van der Waals surface area contributed by atoms with Crippen LogP contribution >= 0.6 is 0 Å². The molecule has 27 heavy (non-hydrogen) atoms. The van der Waals surface area contributed by atoms with E-state index in [1.165, 1.54) is 0 Å². The fourth-order valence-electron chi connectivity index (χ4n) is 3.54. The first-order valence-corrected chi connectivity index (χ1v) is 9.37. The lowest BCUT2D eigenvalue weighted by molar-refractivity contribution is -0.143. The maximum atomic E-state index is 12.6. The monoisotopic (exact) mass is 374 g/mol. The van der Waals surface area contributed by atoms with Gasteiger partial charge in [-0.05, 0) is 33.6 Å². The fraction of sp³-hybridized carbons (Fsp3) is 0.632. The molecule has 2 fully saturated rings. The van der Waals surface area contributed by atoms with Gasteiger partial charge in [0.1, 0.15) is 23.5 Å². The topological polar surface area (TPSA) is 98.8 Å². The molecule has 2 unspecified atom stereocenters. The van der Waals surface area contributed by atoms with Gasteiger partial charge in [0.05, 0.1) is 6.04 Å². The molecule has 1 N–H and O–H groups in total. The van der Waals surface area contributed by atoms with Crippen molar-refractivity contribution in [3.63, 3.8) is 0 Å². The molecular formula is C19H26N4O4. The molecule has 8 heteroatoms. The summed E-state index contributed by atoms with van der Waals surface area (Å²) in [7, 11) is 0. The predicted octanol–water partition coefficient (Wildman–Crippen LogP) is 1.42. The lowest BCUT2D eigenvalue weighted by atomic mass is 10.1. The molecule has 2 amide bonds. The molecule has 0 radical (unpaired) electrons. The van der Waals surface area contributed by atoms with Gasteiger partial charge in [-0.3, -0.25) is 19.8 Å². The van der Waals surface area contributed by atoms with Crippen LogP contribution in [0.1, 0.15) is 36.7 Å².